The molecule has 2 aliphatic rings. The van der Waals surface area contributed by atoms with Crippen molar-refractivity contribution in [2.45, 2.75) is 25.8 Å². The molecular formula is C23H24N4O2S. The van der Waals surface area contributed by atoms with Gasteiger partial charge in [-0.05, 0) is 49.2 Å². The van der Waals surface area contributed by atoms with Crippen molar-refractivity contribution in [2.75, 3.05) is 31.5 Å². The van der Waals surface area contributed by atoms with E-state index in [2.05, 4.69) is 29.3 Å². The molecule has 2 amide bonds. The lowest BCUT2D eigenvalue weighted by Crippen LogP contribution is -2.49. The van der Waals surface area contributed by atoms with Gasteiger partial charge in [-0.3, -0.25) is 14.5 Å². The molecule has 1 N–H and O–H groups in total. The number of anilines is 1. The lowest BCUT2D eigenvalue weighted by molar-refractivity contribution is -0.116. The highest BCUT2D eigenvalue weighted by Crippen LogP contribution is 2.30. The zero-order valence-corrected chi connectivity index (χ0v) is 17.7. The summed E-state index contributed by atoms with van der Waals surface area (Å²) in [5.74, 6) is 0.113. The maximum absolute atomic E-state index is 13.0. The minimum absolute atomic E-state index is 0.0416. The molecule has 1 fully saturated rings. The highest BCUT2D eigenvalue weighted by atomic mass is 32.1. The minimum Gasteiger partial charge on any atom is -0.336 e. The summed E-state index contributed by atoms with van der Waals surface area (Å²) < 4.78 is 1.22. The molecule has 3 aromatic rings. The fourth-order valence-corrected chi connectivity index (χ4v) is 5.29. The summed E-state index contributed by atoms with van der Waals surface area (Å²) in [5.41, 5.74) is 3.64. The van der Waals surface area contributed by atoms with Crippen LogP contribution in [0.1, 0.15) is 40.3 Å². The summed E-state index contributed by atoms with van der Waals surface area (Å²) in [4.78, 5) is 33.7. The van der Waals surface area contributed by atoms with Crippen LogP contribution in [-0.4, -0.2) is 52.8 Å². The fourth-order valence-electron chi connectivity index (χ4n) is 4.24. The van der Waals surface area contributed by atoms with Crippen LogP contribution in [0.3, 0.4) is 0 Å². The normalized spacial score (nSPS) is 18.2. The van der Waals surface area contributed by atoms with Crippen molar-refractivity contribution in [2.24, 2.45) is 0 Å². The number of aromatic nitrogens is 1. The number of aryl methyl sites for hydroxylation is 1. The standard InChI is InChI=1S/C23H24N4O2S/c1-15(22-25-19-4-2-3-5-20(19)30-22)26-10-12-27(13-11-26)23(29)17-6-8-18-16(14-17)7-9-21(28)24-18/h2-6,8,14-15H,7,9-13H2,1H3,(H,24,28)/t15-/m0/s1. The second-order valence-electron chi connectivity index (χ2n) is 7.94. The Balaban J connectivity index is 1.24. The van der Waals surface area contributed by atoms with Gasteiger partial charge < -0.3 is 10.2 Å². The number of amides is 2. The summed E-state index contributed by atoms with van der Waals surface area (Å²) in [6, 6.07) is 14.1. The van der Waals surface area contributed by atoms with Crippen LogP contribution < -0.4 is 5.32 Å². The van der Waals surface area contributed by atoms with Crippen LogP contribution in [0.4, 0.5) is 5.69 Å². The van der Waals surface area contributed by atoms with E-state index in [-0.39, 0.29) is 17.9 Å². The molecule has 0 aliphatic carbocycles. The van der Waals surface area contributed by atoms with E-state index in [0.717, 1.165) is 34.9 Å². The number of hydrogen-bond acceptors (Lipinski definition) is 5. The summed E-state index contributed by atoms with van der Waals surface area (Å²) in [5, 5.41) is 4.01. The lowest BCUT2D eigenvalue weighted by atomic mass is 10.00. The van der Waals surface area contributed by atoms with Crippen molar-refractivity contribution in [1.29, 1.82) is 0 Å². The smallest absolute Gasteiger partial charge is 0.253 e. The van der Waals surface area contributed by atoms with Gasteiger partial charge in [-0.1, -0.05) is 12.1 Å². The van der Waals surface area contributed by atoms with Gasteiger partial charge in [0, 0.05) is 43.9 Å². The number of carbonyl (C=O) groups is 2. The largest absolute Gasteiger partial charge is 0.336 e. The van der Waals surface area contributed by atoms with Gasteiger partial charge in [0.05, 0.1) is 16.3 Å². The van der Waals surface area contributed by atoms with Crippen LogP contribution in [0.15, 0.2) is 42.5 Å². The molecular weight excluding hydrogens is 396 g/mol. The molecule has 1 saturated heterocycles. The van der Waals surface area contributed by atoms with Crippen molar-refractivity contribution < 1.29 is 9.59 Å². The first-order chi connectivity index (χ1) is 14.6. The molecule has 6 nitrogen and oxygen atoms in total. The van der Waals surface area contributed by atoms with E-state index < -0.39 is 0 Å². The molecule has 0 unspecified atom stereocenters. The van der Waals surface area contributed by atoms with Crippen molar-refractivity contribution >= 4 is 39.1 Å². The summed E-state index contributed by atoms with van der Waals surface area (Å²) >= 11 is 1.75. The number of nitrogens with zero attached hydrogens (tertiary/aromatic N) is 3. The molecule has 30 heavy (non-hydrogen) atoms. The van der Waals surface area contributed by atoms with E-state index in [0.29, 0.717) is 31.5 Å². The van der Waals surface area contributed by atoms with E-state index in [1.807, 2.05) is 35.2 Å². The third kappa shape index (κ3) is 3.59. The second kappa shape index (κ2) is 7.81. The molecule has 0 radical (unpaired) electrons. The third-order valence-electron chi connectivity index (χ3n) is 6.06. The maximum Gasteiger partial charge on any atom is 0.253 e. The maximum atomic E-state index is 13.0. The number of fused-ring (bicyclic) bond motifs is 2. The molecule has 0 saturated carbocycles. The van der Waals surface area contributed by atoms with Crippen LogP contribution in [0.2, 0.25) is 0 Å². The van der Waals surface area contributed by atoms with E-state index in [9.17, 15) is 9.59 Å². The second-order valence-corrected chi connectivity index (χ2v) is 9.01. The zero-order valence-electron chi connectivity index (χ0n) is 16.9. The average molecular weight is 421 g/mol. The van der Waals surface area contributed by atoms with Gasteiger partial charge in [0.15, 0.2) is 0 Å². The van der Waals surface area contributed by atoms with Gasteiger partial charge in [-0.2, -0.15) is 0 Å². The lowest BCUT2D eigenvalue weighted by Gasteiger charge is -2.37. The van der Waals surface area contributed by atoms with Crippen LogP contribution >= 0.6 is 11.3 Å². The van der Waals surface area contributed by atoms with Gasteiger partial charge in [0.2, 0.25) is 5.91 Å². The molecule has 0 spiro atoms. The van der Waals surface area contributed by atoms with Gasteiger partial charge >= 0.3 is 0 Å². The highest BCUT2D eigenvalue weighted by molar-refractivity contribution is 7.18. The van der Waals surface area contributed by atoms with Crippen LogP contribution in [0.25, 0.3) is 10.2 Å². The first kappa shape index (κ1) is 19.2. The van der Waals surface area contributed by atoms with E-state index in [4.69, 9.17) is 4.98 Å². The quantitative estimate of drug-likeness (QED) is 0.702. The molecule has 0 bridgehead atoms. The van der Waals surface area contributed by atoms with Gasteiger partial charge in [-0.25, -0.2) is 4.98 Å². The van der Waals surface area contributed by atoms with Gasteiger partial charge in [-0.15, -0.1) is 11.3 Å². The molecule has 1 aromatic heterocycles. The first-order valence-electron chi connectivity index (χ1n) is 10.4. The number of para-hydroxylation sites is 1. The first-order valence-corrected chi connectivity index (χ1v) is 11.2. The van der Waals surface area contributed by atoms with E-state index in [1.165, 1.54) is 4.70 Å². The number of piperazine rings is 1. The number of hydrogen-bond donors (Lipinski definition) is 1. The fraction of sp³-hybridized carbons (Fsp3) is 0.348. The summed E-state index contributed by atoms with van der Waals surface area (Å²) in [6.07, 6.45) is 1.17. The Bertz CT molecular complexity index is 1080. The number of carbonyl (C=O) groups excluding carboxylic acids is 2. The van der Waals surface area contributed by atoms with Crippen LogP contribution in [0.5, 0.6) is 0 Å². The Morgan fingerprint density at radius 3 is 2.70 bits per heavy atom. The monoisotopic (exact) mass is 420 g/mol. The summed E-state index contributed by atoms with van der Waals surface area (Å²) in [7, 11) is 0. The Kier molecular flexibility index (Phi) is 5.00. The van der Waals surface area contributed by atoms with Crippen LogP contribution in [0, 0.1) is 0 Å². The van der Waals surface area contributed by atoms with Crippen molar-refractivity contribution in [3.8, 4) is 0 Å². The highest BCUT2D eigenvalue weighted by Gasteiger charge is 2.27. The van der Waals surface area contributed by atoms with Gasteiger partial charge in [0.25, 0.3) is 5.91 Å². The Morgan fingerprint density at radius 1 is 1.10 bits per heavy atom. The molecule has 154 valence electrons. The number of rotatable bonds is 3. The molecule has 3 heterocycles. The topological polar surface area (TPSA) is 65.5 Å². The molecule has 5 rings (SSSR count). The minimum atomic E-state index is 0.0416. The summed E-state index contributed by atoms with van der Waals surface area (Å²) in [6.45, 7) is 5.30. The third-order valence-corrected chi connectivity index (χ3v) is 7.27. The van der Waals surface area contributed by atoms with Crippen LogP contribution in [-0.2, 0) is 11.2 Å². The molecule has 7 heteroatoms. The predicted octanol–water partition coefficient (Wildman–Crippen LogP) is 3.70. The van der Waals surface area contributed by atoms with E-state index in [1.54, 1.807) is 11.3 Å². The number of thiazole rings is 1. The van der Waals surface area contributed by atoms with E-state index >= 15 is 0 Å². The Hall–Kier alpha value is -2.77. The zero-order chi connectivity index (χ0) is 20.7. The number of benzene rings is 2. The Labute approximate surface area is 179 Å². The number of nitrogens with one attached hydrogen (secondary N) is 1. The van der Waals surface area contributed by atoms with Crippen molar-refractivity contribution in [1.82, 2.24) is 14.8 Å². The van der Waals surface area contributed by atoms with Crippen molar-refractivity contribution in [3.63, 3.8) is 0 Å². The predicted molar refractivity (Wildman–Crippen MR) is 119 cm³/mol. The SMILES string of the molecule is C[C@@H](c1nc2ccccc2s1)N1CCN(C(=O)c2ccc3c(c2)CCC(=O)N3)CC1. The van der Waals surface area contributed by atoms with Crippen molar-refractivity contribution in [3.05, 3.63) is 58.6 Å². The van der Waals surface area contributed by atoms with Gasteiger partial charge in [0.1, 0.15) is 5.01 Å². The molecule has 1 atom stereocenters. The average Bonchev–Trinajstić information content (AvgIpc) is 3.22. The molecule has 2 aromatic carbocycles. The molecule has 2 aliphatic heterocycles. The Morgan fingerprint density at radius 2 is 1.90 bits per heavy atom.